The van der Waals surface area contributed by atoms with Gasteiger partial charge in [0.05, 0.1) is 0 Å². The lowest BCUT2D eigenvalue weighted by Gasteiger charge is -2.08. The van der Waals surface area contributed by atoms with E-state index in [2.05, 4.69) is 10.3 Å². The standard InChI is InChI=1S/C14H15FN2O/c1-10-4-3-5-12(14(10)15)18-13-8-11(9-16-2)6-7-17-13/h3-8,16H,9H2,1-2H3. The van der Waals surface area contributed by atoms with E-state index in [4.69, 9.17) is 4.74 Å². The summed E-state index contributed by atoms with van der Waals surface area (Å²) in [5.74, 6) is 0.245. The largest absolute Gasteiger partial charge is 0.436 e. The number of hydrogen-bond acceptors (Lipinski definition) is 3. The Morgan fingerprint density at radius 2 is 2.17 bits per heavy atom. The number of hydrogen-bond donors (Lipinski definition) is 1. The highest BCUT2D eigenvalue weighted by Gasteiger charge is 2.07. The zero-order valence-electron chi connectivity index (χ0n) is 10.4. The lowest BCUT2D eigenvalue weighted by Crippen LogP contribution is -2.05. The molecule has 1 aromatic carbocycles. The van der Waals surface area contributed by atoms with E-state index in [-0.39, 0.29) is 11.6 Å². The van der Waals surface area contributed by atoms with Crippen LogP contribution < -0.4 is 10.1 Å². The minimum absolute atomic E-state index is 0.198. The molecule has 0 saturated carbocycles. The first kappa shape index (κ1) is 12.5. The second-order valence-corrected chi connectivity index (χ2v) is 4.02. The molecule has 0 aliphatic heterocycles. The molecule has 0 aliphatic rings. The summed E-state index contributed by atoms with van der Waals surface area (Å²) in [4.78, 5) is 4.07. The van der Waals surface area contributed by atoms with E-state index in [1.165, 1.54) is 0 Å². The van der Waals surface area contributed by atoms with Crippen LogP contribution in [0, 0.1) is 12.7 Å². The van der Waals surface area contributed by atoms with Crippen molar-refractivity contribution in [3.05, 3.63) is 53.5 Å². The van der Waals surface area contributed by atoms with Crippen molar-refractivity contribution in [1.29, 1.82) is 0 Å². The van der Waals surface area contributed by atoms with Crippen molar-refractivity contribution in [2.75, 3.05) is 7.05 Å². The van der Waals surface area contributed by atoms with Crippen molar-refractivity contribution in [2.24, 2.45) is 0 Å². The number of aryl methyl sites for hydroxylation is 1. The highest BCUT2D eigenvalue weighted by molar-refractivity contribution is 5.33. The minimum Gasteiger partial charge on any atom is -0.436 e. The Morgan fingerprint density at radius 1 is 1.33 bits per heavy atom. The fourth-order valence-electron chi connectivity index (χ4n) is 1.63. The summed E-state index contributed by atoms with van der Waals surface area (Å²) >= 11 is 0. The molecule has 0 aliphatic carbocycles. The van der Waals surface area contributed by atoms with Gasteiger partial charge in [0.2, 0.25) is 5.88 Å². The number of halogens is 1. The summed E-state index contributed by atoms with van der Waals surface area (Å²) < 4.78 is 19.2. The Hall–Kier alpha value is -1.94. The third-order valence-electron chi connectivity index (χ3n) is 2.55. The SMILES string of the molecule is CNCc1ccnc(Oc2cccc(C)c2F)c1. The Bertz CT molecular complexity index is 543. The van der Waals surface area contributed by atoms with Crippen LogP contribution in [-0.4, -0.2) is 12.0 Å². The maximum Gasteiger partial charge on any atom is 0.219 e. The summed E-state index contributed by atoms with van der Waals surface area (Å²) in [6.07, 6.45) is 1.65. The predicted molar refractivity (Wildman–Crippen MR) is 68.2 cm³/mol. The van der Waals surface area contributed by atoms with Gasteiger partial charge in [-0.15, -0.1) is 0 Å². The van der Waals surface area contributed by atoms with Gasteiger partial charge in [0.15, 0.2) is 11.6 Å². The number of pyridine rings is 1. The molecule has 0 bridgehead atoms. The summed E-state index contributed by atoms with van der Waals surface area (Å²) in [6.45, 7) is 2.42. The first-order valence-electron chi connectivity index (χ1n) is 5.73. The fraction of sp³-hybridized carbons (Fsp3) is 0.214. The molecule has 0 spiro atoms. The molecule has 0 radical (unpaired) electrons. The van der Waals surface area contributed by atoms with Crippen molar-refractivity contribution < 1.29 is 9.13 Å². The van der Waals surface area contributed by atoms with E-state index >= 15 is 0 Å². The first-order chi connectivity index (χ1) is 8.70. The van der Waals surface area contributed by atoms with Gasteiger partial charge in [-0.05, 0) is 37.2 Å². The van der Waals surface area contributed by atoms with Crippen LogP contribution in [0.25, 0.3) is 0 Å². The van der Waals surface area contributed by atoms with Crippen LogP contribution in [0.4, 0.5) is 4.39 Å². The van der Waals surface area contributed by atoms with E-state index < -0.39 is 0 Å². The van der Waals surface area contributed by atoms with Crippen molar-refractivity contribution in [3.63, 3.8) is 0 Å². The number of rotatable bonds is 4. The number of benzene rings is 1. The number of nitrogens with zero attached hydrogens (tertiary/aromatic N) is 1. The average molecular weight is 246 g/mol. The number of ether oxygens (including phenoxy) is 1. The van der Waals surface area contributed by atoms with E-state index in [9.17, 15) is 4.39 Å². The third kappa shape index (κ3) is 2.84. The average Bonchev–Trinajstić information content (AvgIpc) is 2.36. The van der Waals surface area contributed by atoms with Crippen molar-refractivity contribution in [1.82, 2.24) is 10.3 Å². The molecule has 1 heterocycles. The van der Waals surface area contributed by atoms with Crippen LogP contribution in [0.5, 0.6) is 11.6 Å². The lowest BCUT2D eigenvalue weighted by molar-refractivity contribution is 0.425. The topological polar surface area (TPSA) is 34.2 Å². The second kappa shape index (κ2) is 5.60. The maximum absolute atomic E-state index is 13.8. The van der Waals surface area contributed by atoms with Gasteiger partial charge in [0.25, 0.3) is 0 Å². The van der Waals surface area contributed by atoms with Gasteiger partial charge in [-0.2, -0.15) is 0 Å². The Balaban J connectivity index is 2.23. The normalized spacial score (nSPS) is 10.4. The quantitative estimate of drug-likeness (QED) is 0.900. The summed E-state index contributed by atoms with van der Waals surface area (Å²) in [6, 6.07) is 8.72. The zero-order chi connectivity index (χ0) is 13.0. The van der Waals surface area contributed by atoms with Crippen LogP contribution in [0.2, 0.25) is 0 Å². The summed E-state index contributed by atoms with van der Waals surface area (Å²) in [7, 11) is 1.86. The predicted octanol–water partition coefficient (Wildman–Crippen LogP) is 3.04. The van der Waals surface area contributed by atoms with Gasteiger partial charge < -0.3 is 10.1 Å². The zero-order valence-corrected chi connectivity index (χ0v) is 10.4. The Labute approximate surface area is 106 Å². The van der Waals surface area contributed by atoms with Crippen LogP contribution in [0.15, 0.2) is 36.5 Å². The summed E-state index contributed by atoms with van der Waals surface area (Å²) in [5, 5.41) is 3.04. The molecule has 4 heteroatoms. The van der Waals surface area contributed by atoms with Gasteiger partial charge in [0, 0.05) is 18.8 Å². The van der Waals surface area contributed by atoms with Crippen LogP contribution in [0.3, 0.4) is 0 Å². The van der Waals surface area contributed by atoms with Gasteiger partial charge >= 0.3 is 0 Å². The maximum atomic E-state index is 13.8. The van der Waals surface area contributed by atoms with E-state index in [0.29, 0.717) is 11.4 Å². The van der Waals surface area contributed by atoms with Crippen molar-refractivity contribution in [2.45, 2.75) is 13.5 Å². The molecule has 0 atom stereocenters. The minimum atomic E-state index is -0.349. The molecule has 0 amide bonds. The smallest absolute Gasteiger partial charge is 0.219 e. The number of aromatic nitrogens is 1. The van der Waals surface area contributed by atoms with E-state index in [1.807, 2.05) is 13.1 Å². The molecule has 0 saturated heterocycles. The van der Waals surface area contributed by atoms with Crippen LogP contribution in [-0.2, 0) is 6.54 Å². The molecule has 2 aromatic rings. The molecule has 0 unspecified atom stereocenters. The van der Waals surface area contributed by atoms with Gasteiger partial charge in [-0.3, -0.25) is 0 Å². The molecule has 1 N–H and O–H groups in total. The highest BCUT2D eigenvalue weighted by Crippen LogP contribution is 2.25. The molecule has 1 aromatic heterocycles. The summed E-state index contributed by atoms with van der Waals surface area (Å²) in [5.41, 5.74) is 1.59. The number of nitrogens with one attached hydrogen (secondary N) is 1. The molecule has 0 fully saturated rings. The monoisotopic (exact) mass is 246 g/mol. The molecular formula is C14H15FN2O. The van der Waals surface area contributed by atoms with E-state index in [0.717, 1.165) is 12.1 Å². The molecule has 94 valence electrons. The van der Waals surface area contributed by atoms with Crippen LogP contribution in [0.1, 0.15) is 11.1 Å². The Morgan fingerprint density at radius 3 is 2.94 bits per heavy atom. The van der Waals surface area contributed by atoms with E-state index in [1.54, 1.807) is 37.4 Å². The first-order valence-corrected chi connectivity index (χ1v) is 5.73. The van der Waals surface area contributed by atoms with Gasteiger partial charge in [0.1, 0.15) is 0 Å². The van der Waals surface area contributed by atoms with Gasteiger partial charge in [-0.1, -0.05) is 12.1 Å². The molecule has 18 heavy (non-hydrogen) atoms. The fourth-order valence-corrected chi connectivity index (χ4v) is 1.63. The van der Waals surface area contributed by atoms with Crippen molar-refractivity contribution >= 4 is 0 Å². The molecule has 2 rings (SSSR count). The second-order valence-electron chi connectivity index (χ2n) is 4.02. The lowest BCUT2D eigenvalue weighted by atomic mass is 10.2. The van der Waals surface area contributed by atoms with Gasteiger partial charge in [-0.25, -0.2) is 9.37 Å². The Kier molecular flexibility index (Phi) is 3.89. The van der Waals surface area contributed by atoms with Crippen molar-refractivity contribution in [3.8, 4) is 11.6 Å². The van der Waals surface area contributed by atoms with Crippen LogP contribution >= 0.6 is 0 Å². The molecular weight excluding hydrogens is 231 g/mol. The third-order valence-corrected chi connectivity index (χ3v) is 2.55. The molecule has 3 nitrogen and oxygen atoms in total. The highest BCUT2D eigenvalue weighted by atomic mass is 19.1.